The van der Waals surface area contributed by atoms with Crippen LogP contribution in [0.25, 0.3) is 6.08 Å². The van der Waals surface area contributed by atoms with Gasteiger partial charge in [0.15, 0.2) is 4.80 Å². The largest absolute Gasteiger partial charge is 0.497 e. The number of carbonyl (C=O) groups is 1. The molecule has 0 aliphatic carbocycles. The summed E-state index contributed by atoms with van der Waals surface area (Å²) in [6.07, 6.45) is 1.31. The van der Waals surface area contributed by atoms with Crippen molar-refractivity contribution in [2.24, 2.45) is 4.99 Å². The maximum atomic E-state index is 14.0. The third-order valence-corrected chi connectivity index (χ3v) is 8.03. The predicted octanol–water partition coefficient (Wildman–Crippen LogP) is 5.34. The third kappa shape index (κ3) is 6.43. The molecule has 3 aromatic carbocycles. The lowest BCUT2D eigenvalue weighted by Gasteiger charge is -2.25. The maximum Gasteiger partial charge on any atom is 0.338 e. The molecule has 0 bridgehead atoms. The second-order valence-electron chi connectivity index (χ2n) is 10.2. The molecule has 226 valence electrons. The van der Waals surface area contributed by atoms with Gasteiger partial charge in [-0.05, 0) is 80.4 Å². The first-order chi connectivity index (χ1) is 21.0. The number of esters is 1. The minimum absolute atomic E-state index is 0.0138. The number of fused-ring (bicyclic) bond motifs is 1. The first kappa shape index (κ1) is 30.7. The highest BCUT2D eigenvalue weighted by Crippen LogP contribution is 2.32. The zero-order valence-electron chi connectivity index (χ0n) is 24.3. The van der Waals surface area contributed by atoms with Crippen molar-refractivity contribution >= 4 is 40.7 Å². The number of methoxy groups -OCH3 is 1. The third-order valence-electron chi connectivity index (χ3n) is 6.82. The van der Waals surface area contributed by atoms with Crippen LogP contribution < -0.4 is 24.4 Å². The minimum atomic E-state index is -0.775. The second-order valence-corrected chi connectivity index (χ2v) is 11.6. The van der Waals surface area contributed by atoms with Crippen molar-refractivity contribution in [1.29, 1.82) is 0 Å². The SMILES string of the molecule is COc1ccc([C@H]2C(C(=O)OC(C)C)=C(C)N=c3s/c(=C\c4cc(Cl)ccc4OCc4ccc([N+](=O)[O-])cc4)c(=O)n32)cc1. The van der Waals surface area contributed by atoms with Gasteiger partial charge in [-0.1, -0.05) is 35.1 Å². The van der Waals surface area contributed by atoms with E-state index in [0.29, 0.717) is 42.7 Å². The number of rotatable bonds is 9. The van der Waals surface area contributed by atoms with Gasteiger partial charge in [-0.3, -0.25) is 19.5 Å². The van der Waals surface area contributed by atoms with Crippen LogP contribution in [0, 0.1) is 10.1 Å². The highest BCUT2D eigenvalue weighted by atomic mass is 35.5. The Kier molecular flexibility index (Phi) is 8.98. The van der Waals surface area contributed by atoms with Gasteiger partial charge in [-0.2, -0.15) is 0 Å². The number of aromatic nitrogens is 1. The molecule has 4 aromatic rings. The fourth-order valence-electron chi connectivity index (χ4n) is 4.74. The average molecular weight is 634 g/mol. The summed E-state index contributed by atoms with van der Waals surface area (Å²) >= 11 is 7.51. The molecule has 0 fully saturated rings. The molecule has 1 aliphatic rings. The molecule has 0 unspecified atom stereocenters. The zero-order chi connectivity index (χ0) is 31.5. The number of allylic oxidation sites excluding steroid dienone is 1. The Hall–Kier alpha value is -4.74. The Morgan fingerprint density at radius 3 is 2.48 bits per heavy atom. The van der Waals surface area contributed by atoms with Gasteiger partial charge in [0, 0.05) is 22.7 Å². The fraction of sp³-hybridized carbons (Fsp3) is 0.219. The zero-order valence-corrected chi connectivity index (χ0v) is 25.8. The van der Waals surface area contributed by atoms with Crippen molar-refractivity contribution in [3.05, 3.63) is 130 Å². The van der Waals surface area contributed by atoms with Crippen LogP contribution in [0.2, 0.25) is 5.02 Å². The van der Waals surface area contributed by atoms with Gasteiger partial charge >= 0.3 is 5.97 Å². The van der Waals surface area contributed by atoms with Gasteiger partial charge in [0.2, 0.25) is 0 Å². The Balaban J connectivity index is 1.58. The average Bonchev–Trinajstić information content (AvgIpc) is 3.29. The molecule has 1 atom stereocenters. The quantitative estimate of drug-likeness (QED) is 0.139. The van der Waals surface area contributed by atoms with E-state index in [1.165, 1.54) is 28.0 Å². The molecule has 1 aromatic heterocycles. The van der Waals surface area contributed by atoms with E-state index in [1.807, 2.05) is 12.1 Å². The number of non-ortho nitro benzene ring substituents is 1. The van der Waals surface area contributed by atoms with Crippen LogP contribution in [-0.2, 0) is 16.1 Å². The van der Waals surface area contributed by atoms with Crippen molar-refractivity contribution in [2.75, 3.05) is 7.11 Å². The number of nitro benzene ring substituents is 1. The summed E-state index contributed by atoms with van der Waals surface area (Å²) in [6, 6.07) is 17.5. The summed E-state index contributed by atoms with van der Waals surface area (Å²) in [5.74, 6) is 0.547. The van der Waals surface area contributed by atoms with Crippen LogP contribution in [0.4, 0.5) is 5.69 Å². The van der Waals surface area contributed by atoms with Crippen molar-refractivity contribution in [3.63, 3.8) is 0 Å². The van der Waals surface area contributed by atoms with Gasteiger partial charge in [0.05, 0.1) is 40.0 Å². The number of hydrogen-bond acceptors (Lipinski definition) is 9. The molecule has 0 radical (unpaired) electrons. The number of hydrogen-bond donors (Lipinski definition) is 0. The van der Waals surface area contributed by atoms with E-state index in [4.69, 9.17) is 25.8 Å². The van der Waals surface area contributed by atoms with E-state index in [2.05, 4.69) is 4.99 Å². The van der Waals surface area contributed by atoms with Crippen LogP contribution in [0.3, 0.4) is 0 Å². The summed E-state index contributed by atoms with van der Waals surface area (Å²) in [6.45, 7) is 5.39. The van der Waals surface area contributed by atoms with Gasteiger partial charge in [0.1, 0.15) is 18.1 Å². The lowest BCUT2D eigenvalue weighted by Crippen LogP contribution is -2.40. The Morgan fingerprint density at radius 1 is 1.14 bits per heavy atom. The highest BCUT2D eigenvalue weighted by molar-refractivity contribution is 7.07. The number of thiazole rings is 1. The van der Waals surface area contributed by atoms with Crippen molar-refractivity contribution in [3.8, 4) is 11.5 Å². The van der Waals surface area contributed by atoms with E-state index in [1.54, 1.807) is 76.4 Å². The number of nitrogens with zero attached hydrogens (tertiary/aromatic N) is 3. The van der Waals surface area contributed by atoms with Crippen LogP contribution in [-0.4, -0.2) is 28.7 Å². The maximum absolute atomic E-state index is 14.0. The first-order valence-electron chi connectivity index (χ1n) is 13.6. The van der Waals surface area contributed by atoms with Crippen LogP contribution >= 0.6 is 22.9 Å². The number of carbonyl (C=O) groups excluding carboxylic acids is 1. The van der Waals surface area contributed by atoms with Crippen LogP contribution in [0.5, 0.6) is 11.5 Å². The molecule has 0 spiro atoms. The lowest BCUT2D eigenvalue weighted by molar-refractivity contribution is -0.384. The normalized spacial score (nSPS) is 14.7. The number of halogens is 1. The van der Waals surface area contributed by atoms with E-state index in [9.17, 15) is 19.7 Å². The van der Waals surface area contributed by atoms with Gasteiger partial charge in [0.25, 0.3) is 11.2 Å². The summed E-state index contributed by atoms with van der Waals surface area (Å²) in [5.41, 5.74) is 2.35. The molecular formula is C32H28ClN3O7S. The molecule has 12 heteroatoms. The van der Waals surface area contributed by atoms with Crippen molar-refractivity contribution in [2.45, 2.75) is 39.5 Å². The molecule has 2 heterocycles. The lowest BCUT2D eigenvalue weighted by atomic mass is 9.96. The summed E-state index contributed by atoms with van der Waals surface area (Å²) in [5, 5.41) is 11.4. The van der Waals surface area contributed by atoms with Gasteiger partial charge < -0.3 is 14.2 Å². The van der Waals surface area contributed by atoms with E-state index in [0.717, 1.165) is 5.56 Å². The highest BCUT2D eigenvalue weighted by Gasteiger charge is 2.33. The Morgan fingerprint density at radius 2 is 1.84 bits per heavy atom. The summed E-state index contributed by atoms with van der Waals surface area (Å²) in [4.78, 5) is 42.9. The van der Waals surface area contributed by atoms with Crippen LogP contribution in [0.1, 0.15) is 43.5 Å². The van der Waals surface area contributed by atoms with Gasteiger partial charge in [-0.15, -0.1) is 0 Å². The molecular weight excluding hydrogens is 606 g/mol. The van der Waals surface area contributed by atoms with Crippen molar-refractivity contribution < 1.29 is 23.9 Å². The summed E-state index contributed by atoms with van der Waals surface area (Å²) < 4.78 is 18.8. The minimum Gasteiger partial charge on any atom is -0.497 e. The summed E-state index contributed by atoms with van der Waals surface area (Å²) in [7, 11) is 1.56. The van der Waals surface area contributed by atoms with E-state index >= 15 is 0 Å². The fourth-order valence-corrected chi connectivity index (χ4v) is 5.96. The molecule has 0 saturated carbocycles. The molecule has 10 nitrogen and oxygen atoms in total. The molecule has 5 rings (SSSR count). The smallest absolute Gasteiger partial charge is 0.338 e. The standard InChI is InChI=1S/C32H28ClN3O7S/c1-18(2)43-31(38)28-19(3)34-32-35(29(28)21-7-12-25(41-4)13-8-21)30(37)27(44-32)16-22-15-23(33)9-14-26(22)42-17-20-5-10-24(11-6-20)36(39)40/h5-16,18,29H,17H2,1-4H3/b27-16-/t29-/m0/s1. The molecule has 44 heavy (non-hydrogen) atoms. The molecule has 1 aliphatic heterocycles. The topological polar surface area (TPSA) is 122 Å². The molecule has 0 N–H and O–H groups in total. The number of ether oxygens (including phenoxy) is 3. The second kappa shape index (κ2) is 12.9. The van der Waals surface area contributed by atoms with Crippen molar-refractivity contribution in [1.82, 2.24) is 4.57 Å². The number of nitro groups is 1. The Bertz CT molecular complexity index is 1950. The number of benzene rings is 3. The monoisotopic (exact) mass is 633 g/mol. The van der Waals surface area contributed by atoms with E-state index < -0.39 is 16.9 Å². The van der Waals surface area contributed by atoms with Crippen LogP contribution in [0.15, 0.2) is 87.8 Å². The molecule has 0 amide bonds. The first-order valence-corrected chi connectivity index (χ1v) is 14.8. The Labute approximate surface area is 261 Å². The van der Waals surface area contributed by atoms with E-state index in [-0.39, 0.29) is 29.5 Å². The molecule has 0 saturated heterocycles. The van der Waals surface area contributed by atoms with Gasteiger partial charge in [-0.25, -0.2) is 9.79 Å². The predicted molar refractivity (Wildman–Crippen MR) is 167 cm³/mol.